The van der Waals surface area contributed by atoms with Crippen LogP contribution in [0.2, 0.25) is 5.02 Å². The van der Waals surface area contributed by atoms with E-state index in [-0.39, 0.29) is 105 Å². The number of aromatic nitrogens is 2. The number of halogens is 5. The fourth-order valence-corrected chi connectivity index (χ4v) is 12.4. The van der Waals surface area contributed by atoms with Gasteiger partial charge in [0.2, 0.25) is 17.7 Å². The molecule has 10 rings (SSSR count). The molecule has 1 saturated carbocycles. The van der Waals surface area contributed by atoms with Crippen LogP contribution in [-0.4, -0.2) is 102 Å². The molecular formula is C53H57ClF4N8O6. The van der Waals surface area contributed by atoms with Gasteiger partial charge in [-0.05, 0) is 94.1 Å². The van der Waals surface area contributed by atoms with Crippen LogP contribution in [-0.2, 0) is 22.2 Å². The Morgan fingerprint density at radius 1 is 0.889 bits per heavy atom. The number of carbonyl (C=O) groups is 4. The van der Waals surface area contributed by atoms with Gasteiger partial charge in [-0.1, -0.05) is 48.9 Å². The van der Waals surface area contributed by atoms with Gasteiger partial charge in [-0.15, -0.1) is 0 Å². The third-order valence-corrected chi connectivity index (χ3v) is 16.4. The zero-order chi connectivity index (χ0) is 50.7. The van der Waals surface area contributed by atoms with Crippen LogP contribution in [0.1, 0.15) is 104 Å². The Morgan fingerprint density at radius 2 is 1.60 bits per heavy atom. The lowest BCUT2D eigenvalue weighted by Gasteiger charge is -2.43. The number of urea groups is 1. The van der Waals surface area contributed by atoms with Crippen molar-refractivity contribution in [1.29, 1.82) is 0 Å². The molecule has 5 amide bonds. The van der Waals surface area contributed by atoms with E-state index in [4.69, 9.17) is 26.8 Å². The number of carbonyl (C=O) groups excluding carboxylic acids is 4. The number of imide groups is 1. The molecule has 1 aromatic heterocycles. The van der Waals surface area contributed by atoms with E-state index in [1.807, 2.05) is 42.2 Å². The number of amides is 5. The Morgan fingerprint density at radius 3 is 2.26 bits per heavy atom. The van der Waals surface area contributed by atoms with Gasteiger partial charge >= 0.3 is 6.03 Å². The summed E-state index contributed by atoms with van der Waals surface area (Å²) in [4.78, 5) is 56.6. The Hall–Kier alpha value is -6.24. The van der Waals surface area contributed by atoms with Crippen molar-refractivity contribution < 1.29 is 46.2 Å². The molecule has 2 unspecified atom stereocenters. The molecule has 4 aliphatic heterocycles. The van der Waals surface area contributed by atoms with E-state index >= 15 is 17.6 Å². The van der Waals surface area contributed by atoms with Crippen LogP contribution in [0.15, 0.2) is 54.6 Å². The lowest BCUT2D eigenvalue weighted by atomic mass is 9.77. The number of ether oxygens (including phenoxy) is 2. The van der Waals surface area contributed by atoms with E-state index in [0.717, 1.165) is 31.2 Å². The largest absolute Gasteiger partial charge is 0.494 e. The predicted octanol–water partition coefficient (Wildman–Crippen LogP) is 8.41. The first kappa shape index (κ1) is 49.3. The SMILES string of the molecule is COc1ccc(C(N)=O)c(-c2c(Cl)c(F)cc3c2C(C)C(CNC2CCC(C(=O)N4CCC(N5CCC(c6c(F)cc7c(N8CCC(=O)NC8=O)nn(C)c7c6F)CC5)CC4)CC2)(c2ccccc2)O3)c1F. The Balaban J connectivity index is 0.754. The Labute approximate surface area is 419 Å². The number of hydrogen-bond acceptors (Lipinski definition) is 9. The molecule has 5 aromatic rings. The van der Waals surface area contributed by atoms with Crippen molar-refractivity contribution in [3.05, 3.63) is 105 Å². The number of nitrogens with zero attached hydrogens (tertiary/aromatic N) is 5. The smallest absolute Gasteiger partial charge is 0.329 e. The second-order valence-electron chi connectivity index (χ2n) is 19.9. The highest BCUT2D eigenvalue weighted by Crippen LogP contribution is 2.56. The summed E-state index contributed by atoms with van der Waals surface area (Å²) >= 11 is 6.69. The molecule has 0 spiro atoms. The van der Waals surface area contributed by atoms with Crippen molar-refractivity contribution in [1.82, 2.24) is 30.2 Å². The summed E-state index contributed by atoms with van der Waals surface area (Å²) < 4.78 is 77.5. The van der Waals surface area contributed by atoms with Crippen molar-refractivity contribution in [3.8, 4) is 22.6 Å². The monoisotopic (exact) mass is 1010 g/mol. The van der Waals surface area contributed by atoms with Crippen LogP contribution < -0.4 is 30.7 Å². The maximum atomic E-state index is 16.3. The van der Waals surface area contributed by atoms with Gasteiger partial charge in [0, 0.05) is 91.9 Å². The quantitative estimate of drug-likeness (QED) is 0.110. The van der Waals surface area contributed by atoms with Gasteiger partial charge in [0.15, 0.2) is 28.8 Å². The standard InChI is InChI=1S/C53H57ClF4N8O6/c1-28-41-39(26-37(56)45(54)44(41)43-34(49(59)68)13-14-38(71-3)46(43)57)72-53(28,31-7-5-4-6-8-31)27-60-32-11-9-30(10-12-32)51(69)65-22-17-33(18-23-65)64-20-15-29(16-21-64)42-36(55)25-35-48(47(42)58)63(2)62-50(35)66-24-19-40(67)61-52(66)70/h4-8,13-14,25-26,28-30,32-33,60H,9-12,15-24,27H2,1-3H3,(H2,59,68)(H,61,67,70). The molecule has 4 fully saturated rings. The summed E-state index contributed by atoms with van der Waals surface area (Å²) in [5, 5.41) is 10.1. The number of benzene rings is 4. The fraction of sp³-hybridized carbons (Fsp3) is 0.453. The zero-order valence-electron chi connectivity index (χ0n) is 40.3. The van der Waals surface area contributed by atoms with Gasteiger partial charge in [-0.25, -0.2) is 22.4 Å². The second-order valence-corrected chi connectivity index (χ2v) is 20.3. The molecule has 380 valence electrons. The van der Waals surface area contributed by atoms with Gasteiger partial charge in [0.25, 0.3) is 0 Å². The third-order valence-electron chi connectivity index (χ3n) is 16.1. The zero-order valence-corrected chi connectivity index (χ0v) is 41.1. The third kappa shape index (κ3) is 8.61. The fourth-order valence-electron chi connectivity index (χ4n) is 12.2. The summed E-state index contributed by atoms with van der Waals surface area (Å²) in [6, 6.07) is 14.2. The first-order valence-corrected chi connectivity index (χ1v) is 25.1. The highest BCUT2D eigenvalue weighted by molar-refractivity contribution is 6.34. The second kappa shape index (κ2) is 19.6. The molecule has 0 bridgehead atoms. The predicted molar refractivity (Wildman–Crippen MR) is 262 cm³/mol. The van der Waals surface area contributed by atoms with E-state index in [1.54, 1.807) is 7.05 Å². The maximum Gasteiger partial charge on any atom is 0.329 e. The molecule has 4 aromatic carbocycles. The molecule has 0 radical (unpaired) electrons. The first-order chi connectivity index (χ1) is 34.6. The van der Waals surface area contributed by atoms with Crippen LogP contribution in [0, 0.1) is 29.2 Å². The number of nitrogens with two attached hydrogens (primary N) is 1. The molecule has 1 aliphatic carbocycles. The van der Waals surface area contributed by atoms with Gasteiger partial charge in [0.1, 0.15) is 22.9 Å². The highest BCUT2D eigenvalue weighted by Gasteiger charge is 2.50. The van der Waals surface area contributed by atoms with Gasteiger partial charge in [-0.3, -0.25) is 29.3 Å². The maximum absolute atomic E-state index is 16.3. The Bertz CT molecular complexity index is 2970. The molecule has 4 N–H and O–H groups in total. The minimum atomic E-state index is -1.10. The molecule has 2 atom stereocenters. The average Bonchev–Trinajstić information content (AvgIpc) is 3.86. The first-order valence-electron chi connectivity index (χ1n) is 24.7. The molecule has 72 heavy (non-hydrogen) atoms. The van der Waals surface area contributed by atoms with Gasteiger partial charge in [-0.2, -0.15) is 5.10 Å². The number of methoxy groups -OCH3 is 1. The van der Waals surface area contributed by atoms with E-state index in [1.165, 1.54) is 41.0 Å². The number of piperidine rings is 2. The molecule has 5 heterocycles. The minimum absolute atomic E-state index is 0.0252. The summed E-state index contributed by atoms with van der Waals surface area (Å²) in [7, 11) is 2.84. The lowest BCUT2D eigenvalue weighted by Crippen LogP contribution is -2.51. The molecular weight excluding hydrogens is 956 g/mol. The molecule has 19 heteroatoms. The topological polar surface area (TPSA) is 164 Å². The molecule has 5 aliphatic rings. The summed E-state index contributed by atoms with van der Waals surface area (Å²) in [5.41, 5.74) is 5.53. The number of likely N-dealkylation sites (tertiary alicyclic amines) is 2. The van der Waals surface area contributed by atoms with Crippen molar-refractivity contribution in [2.45, 2.75) is 94.2 Å². The normalized spacial score (nSPS) is 23.3. The number of rotatable bonds is 11. The number of nitrogens with one attached hydrogen (secondary N) is 2. The van der Waals surface area contributed by atoms with Crippen LogP contribution in [0.5, 0.6) is 11.5 Å². The van der Waals surface area contributed by atoms with Crippen LogP contribution in [0.25, 0.3) is 22.0 Å². The number of hydrogen-bond donors (Lipinski definition) is 3. The number of fused-ring (bicyclic) bond motifs is 2. The lowest BCUT2D eigenvalue weighted by molar-refractivity contribution is -0.138. The van der Waals surface area contributed by atoms with Crippen LogP contribution in [0.4, 0.5) is 28.2 Å². The van der Waals surface area contributed by atoms with E-state index in [9.17, 15) is 19.2 Å². The van der Waals surface area contributed by atoms with Crippen molar-refractivity contribution in [3.63, 3.8) is 0 Å². The van der Waals surface area contributed by atoms with E-state index in [0.29, 0.717) is 57.4 Å². The number of primary amides is 1. The average molecular weight is 1010 g/mol. The van der Waals surface area contributed by atoms with E-state index < -0.39 is 52.6 Å². The van der Waals surface area contributed by atoms with Crippen LogP contribution >= 0.6 is 11.6 Å². The highest BCUT2D eigenvalue weighted by atomic mass is 35.5. The summed E-state index contributed by atoms with van der Waals surface area (Å²) in [5.74, 6) is -5.18. The van der Waals surface area contributed by atoms with E-state index in [2.05, 4.69) is 20.6 Å². The van der Waals surface area contributed by atoms with Crippen LogP contribution in [0.3, 0.4) is 0 Å². The van der Waals surface area contributed by atoms with Crippen molar-refractivity contribution in [2.75, 3.05) is 51.3 Å². The Kier molecular flexibility index (Phi) is 13.5. The summed E-state index contributed by atoms with van der Waals surface area (Å²) in [6.07, 6.45) is 5.68. The molecule has 14 nitrogen and oxygen atoms in total. The van der Waals surface area contributed by atoms with Crippen molar-refractivity contribution in [2.24, 2.45) is 18.7 Å². The van der Waals surface area contributed by atoms with Gasteiger partial charge < -0.3 is 30.3 Å². The van der Waals surface area contributed by atoms with Crippen molar-refractivity contribution >= 4 is 52.1 Å². The number of aryl methyl sites for hydroxylation is 1. The minimum Gasteiger partial charge on any atom is -0.494 e. The van der Waals surface area contributed by atoms with Gasteiger partial charge in [0.05, 0.1) is 23.1 Å². The molecule has 3 saturated heterocycles. The summed E-state index contributed by atoms with van der Waals surface area (Å²) in [6.45, 7) is 4.87. The number of anilines is 1.